The molecular formula is C14H12F3N. The van der Waals surface area contributed by atoms with Crippen molar-refractivity contribution in [2.24, 2.45) is 0 Å². The number of halogens is 3. The van der Waals surface area contributed by atoms with Gasteiger partial charge in [-0.1, -0.05) is 12.1 Å². The summed E-state index contributed by atoms with van der Waals surface area (Å²) in [5, 5.41) is 2.89. The molecule has 18 heavy (non-hydrogen) atoms. The van der Waals surface area contributed by atoms with Crippen LogP contribution in [-0.2, 0) is 6.54 Å². The van der Waals surface area contributed by atoms with E-state index in [2.05, 4.69) is 5.32 Å². The van der Waals surface area contributed by atoms with Gasteiger partial charge in [0.1, 0.15) is 17.5 Å². The van der Waals surface area contributed by atoms with E-state index in [9.17, 15) is 13.2 Å². The highest BCUT2D eigenvalue weighted by molar-refractivity contribution is 5.65. The molecule has 1 nitrogen and oxygen atoms in total. The maximum atomic E-state index is 13.9. The van der Waals surface area contributed by atoms with Crippen LogP contribution in [0, 0.1) is 17.5 Å². The van der Waals surface area contributed by atoms with Gasteiger partial charge >= 0.3 is 0 Å². The molecule has 0 aliphatic rings. The van der Waals surface area contributed by atoms with Gasteiger partial charge in [0.05, 0.1) is 0 Å². The van der Waals surface area contributed by atoms with Crippen molar-refractivity contribution in [3.05, 3.63) is 59.4 Å². The molecular weight excluding hydrogens is 239 g/mol. The number of hydrogen-bond acceptors (Lipinski definition) is 1. The standard InChI is InChI=1S/C14H12F3N/c1-18-8-9-2-4-11(14(17)6-9)12-7-10(15)3-5-13(12)16/h2-7,18H,8H2,1H3. The number of hydrogen-bond donors (Lipinski definition) is 1. The molecule has 2 rings (SSSR count). The second-order valence-corrected chi connectivity index (χ2v) is 3.97. The summed E-state index contributed by atoms with van der Waals surface area (Å²) in [6.07, 6.45) is 0. The summed E-state index contributed by atoms with van der Waals surface area (Å²) >= 11 is 0. The van der Waals surface area contributed by atoms with Gasteiger partial charge in [-0.05, 0) is 36.9 Å². The molecule has 0 unspecified atom stereocenters. The van der Waals surface area contributed by atoms with Crippen molar-refractivity contribution in [1.29, 1.82) is 0 Å². The highest BCUT2D eigenvalue weighted by Crippen LogP contribution is 2.27. The molecule has 0 bridgehead atoms. The second kappa shape index (κ2) is 5.23. The predicted octanol–water partition coefficient (Wildman–Crippen LogP) is 3.49. The van der Waals surface area contributed by atoms with Crippen molar-refractivity contribution in [2.75, 3.05) is 7.05 Å². The number of rotatable bonds is 3. The molecule has 0 saturated carbocycles. The minimum absolute atomic E-state index is 0.0619. The molecule has 0 aromatic heterocycles. The zero-order chi connectivity index (χ0) is 13.1. The van der Waals surface area contributed by atoms with E-state index in [0.717, 1.165) is 23.8 Å². The Morgan fingerprint density at radius 3 is 2.33 bits per heavy atom. The Hall–Kier alpha value is -1.81. The van der Waals surface area contributed by atoms with E-state index < -0.39 is 17.5 Å². The molecule has 0 aliphatic heterocycles. The largest absolute Gasteiger partial charge is 0.316 e. The Labute approximate surface area is 103 Å². The van der Waals surface area contributed by atoms with Gasteiger partial charge < -0.3 is 5.32 Å². The zero-order valence-corrected chi connectivity index (χ0v) is 9.81. The van der Waals surface area contributed by atoms with Crippen LogP contribution >= 0.6 is 0 Å². The molecule has 0 spiro atoms. The molecule has 0 saturated heterocycles. The normalized spacial score (nSPS) is 10.7. The lowest BCUT2D eigenvalue weighted by Crippen LogP contribution is -2.05. The predicted molar refractivity (Wildman–Crippen MR) is 64.5 cm³/mol. The second-order valence-electron chi connectivity index (χ2n) is 3.97. The third kappa shape index (κ3) is 2.54. The molecule has 0 aliphatic carbocycles. The van der Waals surface area contributed by atoms with Crippen molar-refractivity contribution >= 4 is 0 Å². The van der Waals surface area contributed by atoms with E-state index >= 15 is 0 Å². The van der Waals surface area contributed by atoms with Crippen molar-refractivity contribution < 1.29 is 13.2 Å². The van der Waals surface area contributed by atoms with Gasteiger partial charge in [0.25, 0.3) is 0 Å². The molecule has 2 aromatic carbocycles. The van der Waals surface area contributed by atoms with E-state index in [1.54, 1.807) is 13.1 Å². The molecule has 2 aromatic rings. The summed E-state index contributed by atoms with van der Waals surface area (Å²) in [4.78, 5) is 0. The third-order valence-corrected chi connectivity index (χ3v) is 2.63. The summed E-state index contributed by atoms with van der Waals surface area (Å²) in [5.74, 6) is -1.80. The average molecular weight is 251 g/mol. The van der Waals surface area contributed by atoms with Crippen molar-refractivity contribution in [3.63, 3.8) is 0 Å². The fourth-order valence-electron chi connectivity index (χ4n) is 1.80. The first-order valence-corrected chi connectivity index (χ1v) is 5.50. The lowest BCUT2D eigenvalue weighted by atomic mass is 10.0. The van der Waals surface area contributed by atoms with Crippen molar-refractivity contribution in [1.82, 2.24) is 5.32 Å². The molecule has 1 N–H and O–H groups in total. The molecule has 4 heteroatoms. The average Bonchev–Trinajstić information content (AvgIpc) is 2.33. The Balaban J connectivity index is 2.47. The van der Waals surface area contributed by atoms with Gasteiger partial charge in [-0.15, -0.1) is 0 Å². The van der Waals surface area contributed by atoms with E-state index in [1.165, 1.54) is 12.1 Å². The molecule has 0 fully saturated rings. The molecule has 0 atom stereocenters. The first-order chi connectivity index (χ1) is 8.61. The summed E-state index contributed by atoms with van der Waals surface area (Å²) in [6, 6.07) is 7.44. The summed E-state index contributed by atoms with van der Waals surface area (Å²) in [7, 11) is 1.75. The van der Waals surface area contributed by atoms with Crippen LogP contribution in [0.3, 0.4) is 0 Å². The Bertz CT molecular complexity index is 567. The SMILES string of the molecule is CNCc1ccc(-c2cc(F)ccc2F)c(F)c1. The highest BCUT2D eigenvalue weighted by atomic mass is 19.1. The van der Waals surface area contributed by atoms with Crippen LogP contribution in [0.4, 0.5) is 13.2 Å². The Kier molecular flexibility index (Phi) is 3.67. The smallest absolute Gasteiger partial charge is 0.131 e. The first-order valence-electron chi connectivity index (χ1n) is 5.50. The maximum Gasteiger partial charge on any atom is 0.131 e. The Morgan fingerprint density at radius 1 is 0.889 bits per heavy atom. The fraction of sp³-hybridized carbons (Fsp3) is 0.143. The fourth-order valence-corrected chi connectivity index (χ4v) is 1.80. The molecule has 94 valence electrons. The van der Waals surface area contributed by atoms with Gasteiger partial charge in [-0.3, -0.25) is 0 Å². The van der Waals surface area contributed by atoms with Crippen LogP contribution in [-0.4, -0.2) is 7.05 Å². The quantitative estimate of drug-likeness (QED) is 0.880. The number of nitrogens with one attached hydrogen (secondary N) is 1. The maximum absolute atomic E-state index is 13.9. The molecule has 0 heterocycles. The van der Waals surface area contributed by atoms with Gasteiger partial charge in [0.2, 0.25) is 0 Å². The first kappa shape index (κ1) is 12.6. The van der Waals surface area contributed by atoms with Crippen LogP contribution in [0.15, 0.2) is 36.4 Å². The van der Waals surface area contributed by atoms with Crippen LogP contribution in [0.25, 0.3) is 11.1 Å². The van der Waals surface area contributed by atoms with Crippen LogP contribution in [0.1, 0.15) is 5.56 Å². The van der Waals surface area contributed by atoms with Crippen LogP contribution in [0.2, 0.25) is 0 Å². The van der Waals surface area contributed by atoms with E-state index in [4.69, 9.17) is 0 Å². The monoisotopic (exact) mass is 251 g/mol. The number of benzene rings is 2. The molecule has 0 amide bonds. The van der Waals surface area contributed by atoms with Crippen molar-refractivity contribution in [3.8, 4) is 11.1 Å². The minimum atomic E-state index is -0.642. The van der Waals surface area contributed by atoms with Crippen LogP contribution in [0.5, 0.6) is 0 Å². The lowest BCUT2D eigenvalue weighted by Gasteiger charge is -2.07. The van der Waals surface area contributed by atoms with Gasteiger partial charge in [-0.25, -0.2) is 13.2 Å². The van der Waals surface area contributed by atoms with E-state index in [0.29, 0.717) is 6.54 Å². The highest BCUT2D eigenvalue weighted by Gasteiger charge is 2.11. The van der Waals surface area contributed by atoms with E-state index in [-0.39, 0.29) is 11.1 Å². The van der Waals surface area contributed by atoms with Crippen LogP contribution < -0.4 is 5.32 Å². The Morgan fingerprint density at radius 2 is 1.67 bits per heavy atom. The van der Waals surface area contributed by atoms with Gasteiger partial charge in [0, 0.05) is 17.7 Å². The van der Waals surface area contributed by atoms with Crippen molar-refractivity contribution in [2.45, 2.75) is 6.54 Å². The zero-order valence-electron chi connectivity index (χ0n) is 9.81. The summed E-state index contributed by atoms with van der Waals surface area (Å²) in [5.41, 5.74) is 0.742. The van der Waals surface area contributed by atoms with E-state index in [1.807, 2.05) is 0 Å². The van der Waals surface area contributed by atoms with Gasteiger partial charge in [-0.2, -0.15) is 0 Å². The minimum Gasteiger partial charge on any atom is -0.316 e. The third-order valence-electron chi connectivity index (χ3n) is 2.63. The topological polar surface area (TPSA) is 12.0 Å². The summed E-state index contributed by atoms with van der Waals surface area (Å²) in [6.45, 7) is 0.517. The lowest BCUT2D eigenvalue weighted by molar-refractivity contribution is 0.597. The van der Waals surface area contributed by atoms with Gasteiger partial charge in [0.15, 0.2) is 0 Å². The summed E-state index contributed by atoms with van der Waals surface area (Å²) < 4.78 is 40.5. The molecule has 0 radical (unpaired) electrons.